The van der Waals surface area contributed by atoms with E-state index in [0.29, 0.717) is 12.2 Å². The number of benzene rings is 1. The van der Waals surface area contributed by atoms with Crippen molar-refractivity contribution < 1.29 is 9.13 Å². The van der Waals surface area contributed by atoms with E-state index in [4.69, 9.17) is 4.74 Å². The number of hydrogen-bond donors (Lipinski definition) is 1. The van der Waals surface area contributed by atoms with E-state index in [1.165, 1.54) is 6.07 Å². The minimum Gasteiger partial charge on any atom is -0.380 e. The predicted octanol–water partition coefficient (Wildman–Crippen LogP) is 2.42. The van der Waals surface area contributed by atoms with Crippen molar-refractivity contribution in [3.63, 3.8) is 0 Å². The van der Waals surface area contributed by atoms with Crippen LogP contribution in [0, 0.1) is 5.82 Å². The summed E-state index contributed by atoms with van der Waals surface area (Å²) in [6.07, 6.45) is 2.43. The summed E-state index contributed by atoms with van der Waals surface area (Å²) < 4.78 is 18.6. The first-order valence-electron chi connectivity index (χ1n) is 4.96. The molecule has 1 aromatic rings. The van der Waals surface area contributed by atoms with Crippen LogP contribution in [0.15, 0.2) is 24.3 Å². The van der Waals surface area contributed by atoms with Crippen molar-refractivity contribution >= 4 is 5.69 Å². The molecule has 0 spiro atoms. The largest absolute Gasteiger partial charge is 0.380 e. The maximum absolute atomic E-state index is 13.2. The molecular weight excluding hydrogens is 181 g/mol. The third-order valence-corrected chi connectivity index (χ3v) is 2.42. The standard InChI is InChI=1S/C11H14FNO/c12-10-5-1-2-6-11(10)13-8-9-4-3-7-14-9/h1-2,5-6,9,13H,3-4,7-8H2/t9-/m0/s1. The van der Waals surface area contributed by atoms with Crippen LogP contribution in [0.4, 0.5) is 10.1 Å². The Morgan fingerprint density at radius 1 is 1.43 bits per heavy atom. The van der Waals surface area contributed by atoms with Gasteiger partial charge in [-0.2, -0.15) is 0 Å². The summed E-state index contributed by atoms with van der Waals surface area (Å²) in [5.74, 6) is -0.203. The second-order valence-electron chi connectivity index (χ2n) is 3.50. The Morgan fingerprint density at radius 2 is 2.29 bits per heavy atom. The van der Waals surface area contributed by atoms with Crippen LogP contribution in [0.2, 0.25) is 0 Å². The number of rotatable bonds is 3. The molecule has 1 atom stereocenters. The first-order chi connectivity index (χ1) is 6.86. The second kappa shape index (κ2) is 4.42. The van der Waals surface area contributed by atoms with Crippen LogP contribution in [-0.2, 0) is 4.74 Å². The lowest BCUT2D eigenvalue weighted by Crippen LogP contribution is -2.18. The van der Waals surface area contributed by atoms with Crippen LogP contribution in [0.3, 0.4) is 0 Å². The molecule has 14 heavy (non-hydrogen) atoms. The molecule has 0 aliphatic carbocycles. The fourth-order valence-corrected chi connectivity index (χ4v) is 1.63. The van der Waals surface area contributed by atoms with E-state index in [1.54, 1.807) is 12.1 Å². The Labute approximate surface area is 83.1 Å². The molecule has 3 heteroatoms. The zero-order chi connectivity index (χ0) is 9.80. The lowest BCUT2D eigenvalue weighted by atomic mass is 10.2. The summed E-state index contributed by atoms with van der Waals surface area (Å²) in [6, 6.07) is 6.70. The molecule has 1 aliphatic heterocycles. The summed E-state index contributed by atoms with van der Waals surface area (Å²) in [5, 5.41) is 3.05. The van der Waals surface area contributed by atoms with Gasteiger partial charge in [-0.15, -0.1) is 0 Å². The van der Waals surface area contributed by atoms with Gasteiger partial charge in [-0.1, -0.05) is 12.1 Å². The van der Waals surface area contributed by atoms with Crippen LogP contribution in [0.25, 0.3) is 0 Å². The van der Waals surface area contributed by atoms with Crippen molar-refractivity contribution in [1.82, 2.24) is 0 Å². The van der Waals surface area contributed by atoms with E-state index in [2.05, 4.69) is 5.32 Å². The molecule has 1 aromatic carbocycles. The second-order valence-corrected chi connectivity index (χ2v) is 3.50. The maximum atomic E-state index is 13.2. The molecule has 1 N–H and O–H groups in total. The van der Waals surface area contributed by atoms with E-state index in [1.807, 2.05) is 6.07 Å². The summed E-state index contributed by atoms with van der Waals surface area (Å²) in [5.41, 5.74) is 0.558. The average Bonchev–Trinajstić information content (AvgIpc) is 2.69. The van der Waals surface area contributed by atoms with Gasteiger partial charge in [0.1, 0.15) is 5.82 Å². The third kappa shape index (κ3) is 2.23. The van der Waals surface area contributed by atoms with Crippen molar-refractivity contribution in [1.29, 1.82) is 0 Å². The fourth-order valence-electron chi connectivity index (χ4n) is 1.63. The number of ether oxygens (including phenoxy) is 1. The molecule has 1 fully saturated rings. The molecule has 0 radical (unpaired) electrons. The number of hydrogen-bond acceptors (Lipinski definition) is 2. The highest BCUT2D eigenvalue weighted by Crippen LogP contribution is 2.15. The fraction of sp³-hybridized carbons (Fsp3) is 0.455. The zero-order valence-corrected chi connectivity index (χ0v) is 8.00. The molecule has 2 nitrogen and oxygen atoms in total. The highest BCUT2D eigenvalue weighted by Gasteiger charge is 2.15. The van der Waals surface area contributed by atoms with Gasteiger partial charge in [0.05, 0.1) is 11.8 Å². The van der Waals surface area contributed by atoms with E-state index in [0.717, 1.165) is 19.4 Å². The highest BCUT2D eigenvalue weighted by atomic mass is 19.1. The van der Waals surface area contributed by atoms with Gasteiger partial charge < -0.3 is 10.1 Å². The lowest BCUT2D eigenvalue weighted by molar-refractivity contribution is 0.120. The minimum absolute atomic E-state index is 0.203. The van der Waals surface area contributed by atoms with Gasteiger partial charge in [0.2, 0.25) is 0 Å². The molecule has 76 valence electrons. The number of para-hydroxylation sites is 1. The molecule has 1 aliphatic rings. The van der Waals surface area contributed by atoms with Crippen molar-refractivity contribution in [2.45, 2.75) is 18.9 Å². The molecule has 2 rings (SSSR count). The van der Waals surface area contributed by atoms with E-state index in [-0.39, 0.29) is 11.9 Å². The average molecular weight is 195 g/mol. The summed E-state index contributed by atoms with van der Waals surface area (Å²) >= 11 is 0. The normalized spacial score (nSPS) is 21.1. The predicted molar refractivity (Wildman–Crippen MR) is 53.9 cm³/mol. The highest BCUT2D eigenvalue weighted by molar-refractivity contribution is 5.44. The Bertz CT molecular complexity index is 297. The van der Waals surface area contributed by atoms with E-state index in [9.17, 15) is 4.39 Å². The van der Waals surface area contributed by atoms with Crippen molar-refractivity contribution in [3.05, 3.63) is 30.1 Å². The third-order valence-electron chi connectivity index (χ3n) is 2.42. The Kier molecular flexibility index (Phi) is 2.99. The maximum Gasteiger partial charge on any atom is 0.146 e. The van der Waals surface area contributed by atoms with Crippen LogP contribution < -0.4 is 5.32 Å². The smallest absolute Gasteiger partial charge is 0.146 e. The first kappa shape index (κ1) is 9.46. The monoisotopic (exact) mass is 195 g/mol. The van der Waals surface area contributed by atoms with Crippen LogP contribution in [-0.4, -0.2) is 19.3 Å². The zero-order valence-electron chi connectivity index (χ0n) is 8.00. The van der Waals surface area contributed by atoms with Crippen LogP contribution >= 0.6 is 0 Å². The SMILES string of the molecule is Fc1ccccc1NC[C@@H]1CCCO1. The molecule has 1 heterocycles. The number of anilines is 1. The van der Waals surface area contributed by atoms with Gasteiger partial charge in [0, 0.05) is 13.2 Å². The van der Waals surface area contributed by atoms with Crippen LogP contribution in [0.1, 0.15) is 12.8 Å². The molecule has 0 unspecified atom stereocenters. The quantitative estimate of drug-likeness (QED) is 0.799. The molecule has 1 saturated heterocycles. The topological polar surface area (TPSA) is 21.3 Å². The Balaban J connectivity index is 1.88. The van der Waals surface area contributed by atoms with Gasteiger partial charge in [-0.25, -0.2) is 4.39 Å². The molecule has 0 saturated carbocycles. The van der Waals surface area contributed by atoms with E-state index >= 15 is 0 Å². The molecule has 0 aromatic heterocycles. The number of nitrogens with one attached hydrogen (secondary N) is 1. The van der Waals surface area contributed by atoms with Gasteiger partial charge in [-0.3, -0.25) is 0 Å². The molecule has 0 bridgehead atoms. The van der Waals surface area contributed by atoms with Gasteiger partial charge >= 0.3 is 0 Å². The molecular formula is C11H14FNO. The van der Waals surface area contributed by atoms with Gasteiger partial charge in [0.25, 0.3) is 0 Å². The minimum atomic E-state index is -0.203. The summed E-state index contributed by atoms with van der Waals surface area (Å²) in [4.78, 5) is 0. The van der Waals surface area contributed by atoms with Crippen LogP contribution in [0.5, 0.6) is 0 Å². The summed E-state index contributed by atoms with van der Waals surface area (Å²) in [7, 11) is 0. The first-order valence-corrected chi connectivity index (χ1v) is 4.96. The van der Waals surface area contributed by atoms with Crippen molar-refractivity contribution in [3.8, 4) is 0 Å². The van der Waals surface area contributed by atoms with Crippen molar-refractivity contribution in [2.75, 3.05) is 18.5 Å². The Morgan fingerprint density at radius 3 is 3.00 bits per heavy atom. The van der Waals surface area contributed by atoms with Gasteiger partial charge in [-0.05, 0) is 25.0 Å². The Hall–Kier alpha value is -1.09. The number of halogens is 1. The van der Waals surface area contributed by atoms with E-state index < -0.39 is 0 Å². The summed E-state index contributed by atoms with van der Waals surface area (Å²) in [6.45, 7) is 1.53. The molecule has 0 amide bonds. The lowest BCUT2D eigenvalue weighted by Gasteiger charge is -2.12. The van der Waals surface area contributed by atoms with Crippen molar-refractivity contribution in [2.24, 2.45) is 0 Å². The van der Waals surface area contributed by atoms with Gasteiger partial charge in [0.15, 0.2) is 0 Å².